The topological polar surface area (TPSA) is 58.1 Å². The van der Waals surface area contributed by atoms with Gasteiger partial charge in [-0.3, -0.25) is 9.97 Å². The van der Waals surface area contributed by atoms with Crippen LogP contribution in [0.5, 0.6) is 0 Å². The molecule has 5 nitrogen and oxygen atoms in total. The van der Waals surface area contributed by atoms with Crippen LogP contribution in [0.4, 0.5) is 10.5 Å². The maximum Gasteiger partial charge on any atom is 0.322 e. The first kappa shape index (κ1) is 14.6. The van der Waals surface area contributed by atoms with Crippen LogP contribution in [0.3, 0.4) is 0 Å². The Bertz CT molecular complexity index is 860. The van der Waals surface area contributed by atoms with Crippen molar-refractivity contribution in [3.05, 3.63) is 66.7 Å². The zero-order valence-electron chi connectivity index (χ0n) is 13.2. The lowest BCUT2D eigenvalue weighted by Crippen LogP contribution is -2.34. The predicted molar refractivity (Wildman–Crippen MR) is 93.7 cm³/mol. The first-order valence-electron chi connectivity index (χ1n) is 8.13. The van der Waals surface area contributed by atoms with Gasteiger partial charge in [-0.25, -0.2) is 4.79 Å². The summed E-state index contributed by atoms with van der Waals surface area (Å²) < 4.78 is 0. The lowest BCUT2D eigenvalue weighted by Gasteiger charge is -2.25. The molecule has 0 bridgehead atoms. The number of anilines is 1. The minimum atomic E-state index is -0.0568. The second-order valence-electron chi connectivity index (χ2n) is 5.96. The summed E-state index contributed by atoms with van der Waals surface area (Å²) in [6, 6.07) is 11.8. The Balaban J connectivity index is 1.59. The molecule has 3 heterocycles. The van der Waals surface area contributed by atoms with Crippen LogP contribution in [0, 0.1) is 0 Å². The number of nitrogens with one attached hydrogen (secondary N) is 1. The van der Waals surface area contributed by atoms with Crippen LogP contribution in [0.1, 0.15) is 24.4 Å². The van der Waals surface area contributed by atoms with Crippen LogP contribution in [0.15, 0.2) is 61.2 Å². The Morgan fingerprint density at radius 2 is 1.92 bits per heavy atom. The van der Waals surface area contributed by atoms with Crippen molar-refractivity contribution in [2.24, 2.45) is 0 Å². The van der Waals surface area contributed by atoms with E-state index in [0.717, 1.165) is 41.4 Å². The first-order valence-corrected chi connectivity index (χ1v) is 8.13. The molecule has 1 aliphatic rings. The molecule has 0 spiro atoms. The van der Waals surface area contributed by atoms with Crippen LogP contribution in [-0.2, 0) is 0 Å². The molecule has 120 valence electrons. The van der Waals surface area contributed by atoms with Crippen LogP contribution < -0.4 is 5.32 Å². The minimum Gasteiger partial charge on any atom is -0.317 e. The fraction of sp³-hybridized carbons (Fsp3) is 0.211. The zero-order valence-corrected chi connectivity index (χ0v) is 13.2. The number of rotatable bonds is 2. The summed E-state index contributed by atoms with van der Waals surface area (Å²) in [4.78, 5) is 22.9. The number of hydrogen-bond donors (Lipinski definition) is 1. The summed E-state index contributed by atoms with van der Waals surface area (Å²) in [7, 11) is 0. The smallest absolute Gasteiger partial charge is 0.317 e. The second-order valence-corrected chi connectivity index (χ2v) is 5.96. The molecule has 1 saturated heterocycles. The monoisotopic (exact) mass is 318 g/mol. The Hall–Kier alpha value is -2.95. The molecular formula is C19H18N4O. The van der Waals surface area contributed by atoms with E-state index in [1.807, 2.05) is 41.3 Å². The average molecular weight is 318 g/mol. The van der Waals surface area contributed by atoms with Crippen molar-refractivity contribution in [3.8, 4) is 0 Å². The number of nitrogens with zero attached hydrogens (tertiary/aromatic N) is 3. The molecule has 0 aliphatic carbocycles. The highest BCUT2D eigenvalue weighted by molar-refractivity contribution is 6.01. The van der Waals surface area contributed by atoms with Gasteiger partial charge in [0.25, 0.3) is 0 Å². The minimum absolute atomic E-state index is 0.0568. The van der Waals surface area contributed by atoms with E-state index in [9.17, 15) is 4.79 Å². The fourth-order valence-electron chi connectivity index (χ4n) is 3.36. The van der Waals surface area contributed by atoms with Gasteiger partial charge in [0.2, 0.25) is 0 Å². The summed E-state index contributed by atoms with van der Waals surface area (Å²) >= 11 is 0. The largest absolute Gasteiger partial charge is 0.322 e. The number of hydrogen-bond acceptors (Lipinski definition) is 3. The Labute approximate surface area is 140 Å². The number of benzene rings is 1. The van der Waals surface area contributed by atoms with Crippen molar-refractivity contribution in [3.63, 3.8) is 0 Å². The normalized spacial score (nSPS) is 17.2. The van der Waals surface area contributed by atoms with E-state index in [1.165, 1.54) is 0 Å². The Morgan fingerprint density at radius 1 is 1.08 bits per heavy atom. The molecule has 1 atom stereocenters. The van der Waals surface area contributed by atoms with Crippen molar-refractivity contribution < 1.29 is 4.79 Å². The van der Waals surface area contributed by atoms with E-state index in [4.69, 9.17) is 0 Å². The van der Waals surface area contributed by atoms with Gasteiger partial charge in [0.05, 0.1) is 11.7 Å². The van der Waals surface area contributed by atoms with E-state index in [0.29, 0.717) is 0 Å². The van der Waals surface area contributed by atoms with Crippen molar-refractivity contribution in [2.75, 3.05) is 11.9 Å². The predicted octanol–water partition coefficient (Wildman–Crippen LogP) is 4.00. The van der Waals surface area contributed by atoms with Gasteiger partial charge in [0.15, 0.2) is 0 Å². The first-order chi connectivity index (χ1) is 11.8. The molecular weight excluding hydrogens is 300 g/mol. The molecule has 0 saturated carbocycles. The summed E-state index contributed by atoms with van der Waals surface area (Å²) in [5.41, 5.74) is 1.96. The van der Waals surface area contributed by atoms with E-state index in [2.05, 4.69) is 15.3 Å². The summed E-state index contributed by atoms with van der Waals surface area (Å²) in [6.45, 7) is 0.769. The van der Waals surface area contributed by atoms with E-state index < -0.39 is 0 Å². The van der Waals surface area contributed by atoms with Crippen molar-refractivity contribution >= 4 is 22.5 Å². The van der Waals surface area contributed by atoms with Gasteiger partial charge in [-0.2, -0.15) is 0 Å². The van der Waals surface area contributed by atoms with Gasteiger partial charge < -0.3 is 10.2 Å². The van der Waals surface area contributed by atoms with E-state index in [-0.39, 0.29) is 12.1 Å². The summed E-state index contributed by atoms with van der Waals surface area (Å²) in [5.74, 6) is 0. The molecule has 2 amide bonds. The molecule has 1 aliphatic heterocycles. The maximum atomic E-state index is 12.8. The molecule has 0 radical (unpaired) electrons. The molecule has 0 unspecified atom stereocenters. The Kier molecular flexibility index (Phi) is 3.83. The van der Waals surface area contributed by atoms with Crippen LogP contribution in [0.2, 0.25) is 0 Å². The number of carbonyl (C=O) groups excluding carboxylic acids is 1. The Morgan fingerprint density at radius 3 is 2.79 bits per heavy atom. The van der Waals surface area contributed by atoms with Gasteiger partial charge in [-0.15, -0.1) is 0 Å². The van der Waals surface area contributed by atoms with Gasteiger partial charge in [0, 0.05) is 42.1 Å². The quantitative estimate of drug-likeness (QED) is 0.777. The summed E-state index contributed by atoms with van der Waals surface area (Å²) in [5, 5.41) is 5.09. The van der Waals surface area contributed by atoms with Gasteiger partial charge in [-0.1, -0.05) is 12.1 Å². The van der Waals surface area contributed by atoms with Crippen molar-refractivity contribution in [1.82, 2.24) is 14.9 Å². The fourth-order valence-corrected chi connectivity index (χ4v) is 3.36. The third-order valence-electron chi connectivity index (χ3n) is 4.53. The van der Waals surface area contributed by atoms with Crippen LogP contribution >= 0.6 is 0 Å². The highest BCUT2D eigenvalue weighted by atomic mass is 16.2. The molecule has 2 aromatic heterocycles. The molecule has 4 rings (SSSR count). The van der Waals surface area contributed by atoms with Crippen molar-refractivity contribution in [2.45, 2.75) is 18.9 Å². The average Bonchev–Trinajstić information content (AvgIpc) is 3.13. The highest BCUT2D eigenvalue weighted by Gasteiger charge is 2.30. The van der Waals surface area contributed by atoms with Crippen LogP contribution in [0.25, 0.3) is 10.8 Å². The third kappa shape index (κ3) is 2.69. The lowest BCUT2D eigenvalue weighted by molar-refractivity contribution is 0.207. The van der Waals surface area contributed by atoms with Gasteiger partial charge in [-0.05, 0) is 42.7 Å². The third-order valence-corrected chi connectivity index (χ3v) is 4.53. The van der Waals surface area contributed by atoms with E-state index in [1.54, 1.807) is 24.8 Å². The SMILES string of the molecule is O=C(Nc1cccc2cnccc12)N1CCC[C@H]1c1ccncc1. The van der Waals surface area contributed by atoms with Gasteiger partial charge in [0.1, 0.15) is 0 Å². The second kappa shape index (κ2) is 6.28. The lowest BCUT2D eigenvalue weighted by atomic mass is 10.1. The molecule has 24 heavy (non-hydrogen) atoms. The maximum absolute atomic E-state index is 12.8. The molecule has 1 fully saturated rings. The molecule has 5 heteroatoms. The van der Waals surface area contributed by atoms with Crippen LogP contribution in [-0.4, -0.2) is 27.4 Å². The number of carbonyl (C=O) groups is 1. The highest BCUT2D eigenvalue weighted by Crippen LogP contribution is 2.32. The summed E-state index contributed by atoms with van der Waals surface area (Å²) in [6.07, 6.45) is 9.11. The number of fused-ring (bicyclic) bond motifs is 1. The number of urea groups is 1. The van der Waals surface area contributed by atoms with E-state index >= 15 is 0 Å². The van der Waals surface area contributed by atoms with Gasteiger partial charge >= 0.3 is 6.03 Å². The zero-order chi connectivity index (χ0) is 16.4. The standard InChI is InChI=1S/C19H18N4O/c24-19(22-17-4-1-3-15-13-21-11-8-16(15)17)23-12-2-5-18(23)14-6-9-20-10-7-14/h1,3-4,6-11,13,18H,2,5,12H2,(H,22,24)/t18-/m0/s1. The molecule has 1 N–H and O–H groups in total. The van der Waals surface area contributed by atoms with Crippen molar-refractivity contribution in [1.29, 1.82) is 0 Å². The molecule has 1 aromatic carbocycles. The number of pyridine rings is 2. The number of amides is 2. The molecule has 3 aromatic rings. The number of likely N-dealkylation sites (tertiary alicyclic amines) is 1. The number of aromatic nitrogens is 2.